The fraction of sp³-hybridized carbons (Fsp3) is 0.154. The van der Waals surface area contributed by atoms with E-state index in [0.717, 1.165) is 12.1 Å². The van der Waals surface area contributed by atoms with Crippen molar-refractivity contribution in [3.8, 4) is 0 Å². The summed E-state index contributed by atoms with van der Waals surface area (Å²) in [4.78, 5) is 11.8. The molecule has 2 rings (SSSR count). The van der Waals surface area contributed by atoms with Crippen molar-refractivity contribution in [2.24, 2.45) is 0 Å². The van der Waals surface area contributed by atoms with Gasteiger partial charge in [-0.2, -0.15) is 0 Å². The van der Waals surface area contributed by atoms with E-state index in [-0.39, 0.29) is 11.6 Å². The van der Waals surface area contributed by atoms with Crippen LogP contribution in [0.1, 0.15) is 29.1 Å². The fourth-order valence-electron chi connectivity index (χ4n) is 1.53. The fourth-order valence-corrected chi connectivity index (χ4v) is 1.53. The van der Waals surface area contributed by atoms with E-state index >= 15 is 0 Å². The molecule has 0 saturated heterocycles. The van der Waals surface area contributed by atoms with Crippen molar-refractivity contribution < 1.29 is 18.0 Å². The SMILES string of the molecule is C[C@H](NC(=O)c1ccc(F)c(F)c1)c1ccco1. The standard InChI is InChI=1S/C13H11F2NO2/c1-8(12-3-2-6-18-12)16-13(17)9-4-5-10(14)11(15)7-9/h2-8H,1H3,(H,16,17)/t8-/m0/s1. The molecule has 5 heteroatoms. The van der Waals surface area contributed by atoms with Crippen molar-refractivity contribution >= 4 is 5.91 Å². The Labute approximate surface area is 102 Å². The maximum atomic E-state index is 13.0. The summed E-state index contributed by atoms with van der Waals surface area (Å²) in [6.45, 7) is 1.73. The van der Waals surface area contributed by atoms with Gasteiger partial charge in [-0.3, -0.25) is 4.79 Å². The molecule has 0 aliphatic heterocycles. The third-order valence-corrected chi connectivity index (χ3v) is 2.50. The molecule has 0 saturated carbocycles. The largest absolute Gasteiger partial charge is 0.467 e. The van der Waals surface area contributed by atoms with Crippen LogP contribution in [0.3, 0.4) is 0 Å². The molecule has 0 radical (unpaired) electrons. The number of benzene rings is 1. The highest BCUT2D eigenvalue weighted by molar-refractivity contribution is 5.94. The van der Waals surface area contributed by atoms with Crippen molar-refractivity contribution in [3.63, 3.8) is 0 Å². The van der Waals surface area contributed by atoms with Crippen LogP contribution >= 0.6 is 0 Å². The zero-order chi connectivity index (χ0) is 13.1. The van der Waals surface area contributed by atoms with Crippen molar-refractivity contribution in [2.75, 3.05) is 0 Å². The lowest BCUT2D eigenvalue weighted by atomic mass is 10.1. The minimum absolute atomic E-state index is 0.0623. The van der Waals surface area contributed by atoms with Crippen LogP contribution in [0.2, 0.25) is 0 Å². The molecule has 94 valence electrons. The number of hydrogen-bond acceptors (Lipinski definition) is 2. The highest BCUT2D eigenvalue weighted by Crippen LogP contribution is 2.14. The maximum absolute atomic E-state index is 13.0. The van der Waals surface area contributed by atoms with Crippen LogP contribution in [0.5, 0.6) is 0 Å². The summed E-state index contributed by atoms with van der Waals surface area (Å²) in [7, 11) is 0. The van der Waals surface area contributed by atoms with Gasteiger partial charge >= 0.3 is 0 Å². The van der Waals surface area contributed by atoms with Gasteiger partial charge in [0.1, 0.15) is 5.76 Å². The number of amides is 1. The van der Waals surface area contributed by atoms with Crippen molar-refractivity contribution in [1.82, 2.24) is 5.32 Å². The van der Waals surface area contributed by atoms with Gasteiger partial charge in [0.05, 0.1) is 12.3 Å². The van der Waals surface area contributed by atoms with Crippen LogP contribution in [0.25, 0.3) is 0 Å². The Morgan fingerprint density at radius 3 is 2.67 bits per heavy atom. The highest BCUT2D eigenvalue weighted by Gasteiger charge is 2.14. The monoisotopic (exact) mass is 251 g/mol. The van der Waals surface area contributed by atoms with Crippen LogP contribution in [-0.4, -0.2) is 5.91 Å². The second-order valence-electron chi connectivity index (χ2n) is 3.84. The van der Waals surface area contributed by atoms with E-state index in [4.69, 9.17) is 4.42 Å². The molecule has 1 N–H and O–H groups in total. The Morgan fingerprint density at radius 2 is 2.06 bits per heavy atom. The molecule has 0 aliphatic rings. The topological polar surface area (TPSA) is 42.2 Å². The molecular formula is C13H11F2NO2. The molecule has 0 fully saturated rings. The molecule has 2 aromatic rings. The minimum atomic E-state index is -1.05. The molecule has 1 atom stereocenters. The molecular weight excluding hydrogens is 240 g/mol. The summed E-state index contributed by atoms with van der Waals surface area (Å²) in [6, 6.07) is 6.08. The van der Waals surface area contributed by atoms with Crippen LogP contribution in [0.15, 0.2) is 41.0 Å². The van der Waals surface area contributed by atoms with E-state index < -0.39 is 17.5 Å². The Balaban J connectivity index is 2.10. The lowest BCUT2D eigenvalue weighted by Crippen LogP contribution is -2.26. The first-order valence-electron chi connectivity index (χ1n) is 5.37. The zero-order valence-corrected chi connectivity index (χ0v) is 9.61. The predicted octanol–water partition coefficient (Wildman–Crippen LogP) is 3.05. The lowest BCUT2D eigenvalue weighted by Gasteiger charge is -2.11. The normalized spacial score (nSPS) is 12.2. The van der Waals surface area contributed by atoms with Gasteiger partial charge in [-0.05, 0) is 37.3 Å². The smallest absolute Gasteiger partial charge is 0.251 e. The quantitative estimate of drug-likeness (QED) is 0.911. The molecule has 0 spiro atoms. The summed E-state index contributed by atoms with van der Waals surface area (Å²) in [5.74, 6) is -1.93. The molecule has 3 nitrogen and oxygen atoms in total. The first-order valence-corrected chi connectivity index (χ1v) is 5.37. The van der Waals surface area contributed by atoms with Gasteiger partial charge < -0.3 is 9.73 Å². The molecule has 1 heterocycles. The van der Waals surface area contributed by atoms with Crippen LogP contribution in [-0.2, 0) is 0 Å². The average Bonchev–Trinajstić information content (AvgIpc) is 2.86. The van der Waals surface area contributed by atoms with Crippen molar-refractivity contribution in [2.45, 2.75) is 13.0 Å². The predicted molar refractivity (Wildman–Crippen MR) is 60.9 cm³/mol. The number of carbonyl (C=O) groups is 1. The average molecular weight is 251 g/mol. The lowest BCUT2D eigenvalue weighted by molar-refractivity contribution is 0.0935. The van der Waals surface area contributed by atoms with Crippen LogP contribution in [0.4, 0.5) is 8.78 Å². The van der Waals surface area contributed by atoms with Gasteiger partial charge in [-0.15, -0.1) is 0 Å². The Bertz CT molecular complexity index is 552. The molecule has 18 heavy (non-hydrogen) atoms. The number of rotatable bonds is 3. The van der Waals surface area contributed by atoms with E-state index in [1.165, 1.54) is 12.3 Å². The first kappa shape index (κ1) is 12.3. The minimum Gasteiger partial charge on any atom is -0.467 e. The van der Waals surface area contributed by atoms with Gasteiger partial charge in [-0.25, -0.2) is 8.78 Å². The van der Waals surface area contributed by atoms with Crippen LogP contribution < -0.4 is 5.32 Å². The number of hydrogen-bond donors (Lipinski definition) is 1. The number of halogens is 2. The summed E-state index contributed by atoms with van der Waals surface area (Å²) in [6.07, 6.45) is 1.50. The number of nitrogens with one attached hydrogen (secondary N) is 1. The summed E-state index contributed by atoms with van der Waals surface area (Å²) >= 11 is 0. The molecule has 0 unspecified atom stereocenters. The molecule has 1 amide bonds. The van der Waals surface area contributed by atoms with Gasteiger partial charge in [0.2, 0.25) is 0 Å². The summed E-state index contributed by atoms with van der Waals surface area (Å²) in [5.41, 5.74) is 0.0623. The first-order chi connectivity index (χ1) is 8.58. The van der Waals surface area contributed by atoms with E-state index in [1.807, 2.05) is 0 Å². The maximum Gasteiger partial charge on any atom is 0.251 e. The molecule has 0 bridgehead atoms. The van der Waals surface area contributed by atoms with E-state index in [1.54, 1.807) is 19.1 Å². The van der Waals surface area contributed by atoms with Gasteiger partial charge in [0.25, 0.3) is 5.91 Å². The molecule has 1 aromatic carbocycles. The molecule has 0 aliphatic carbocycles. The Morgan fingerprint density at radius 1 is 1.28 bits per heavy atom. The van der Waals surface area contributed by atoms with Gasteiger partial charge in [0, 0.05) is 5.56 Å². The van der Waals surface area contributed by atoms with Crippen molar-refractivity contribution in [1.29, 1.82) is 0 Å². The van der Waals surface area contributed by atoms with E-state index in [9.17, 15) is 13.6 Å². The second kappa shape index (κ2) is 5.00. The van der Waals surface area contributed by atoms with Gasteiger partial charge in [-0.1, -0.05) is 0 Å². The second-order valence-corrected chi connectivity index (χ2v) is 3.84. The van der Waals surface area contributed by atoms with Crippen molar-refractivity contribution in [3.05, 3.63) is 59.6 Å². The Hall–Kier alpha value is -2.17. The number of furan rings is 1. The third-order valence-electron chi connectivity index (χ3n) is 2.50. The van der Waals surface area contributed by atoms with Crippen LogP contribution in [0, 0.1) is 11.6 Å². The molecule has 1 aromatic heterocycles. The zero-order valence-electron chi connectivity index (χ0n) is 9.61. The summed E-state index contributed by atoms with van der Waals surface area (Å²) < 4.78 is 30.8. The Kier molecular flexibility index (Phi) is 3.41. The van der Waals surface area contributed by atoms with E-state index in [2.05, 4.69) is 5.32 Å². The van der Waals surface area contributed by atoms with Gasteiger partial charge in [0.15, 0.2) is 11.6 Å². The highest BCUT2D eigenvalue weighted by atomic mass is 19.2. The van der Waals surface area contributed by atoms with E-state index in [0.29, 0.717) is 5.76 Å². The number of carbonyl (C=O) groups excluding carboxylic acids is 1. The summed E-state index contributed by atoms with van der Waals surface area (Å²) in [5, 5.41) is 2.62. The third kappa shape index (κ3) is 2.56.